The Balaban J connectivity index is 3.36. The van der Waals surface area contributed by atoms with Crippen molar-refractivity contribution in [3.05, 3.63) is 34.4 Å². The number of thiocarbonyl (C=S) groups is 1. The average molecular weight is 164 g/mol. The van der Waals surface area contributed by atoms with Crippen molar-refractivity contribution in [3.63, 3.8) is 0 Å². The second kappa shape index (κ2) is 3.14. The molecule has 0 N–H and O–H groups in total. The standard InChI is InChI=1S/C10H12S/c1-7-4-5-10(6-11)9(3)8(7)2/h4-6H,1-3H3. The predicted molar refractivity (Wildman–Crippen MR) is 53.4 cm³/mol. The summed E-state index contributed by atoms with van der Waals surface area (Å²) in [6.45, 7) is 6.36. The minimum atomic E-state index is 1.17. The Labute approximate surface area is 73.2 Å². The fraction of sp³-hybridized carbons (Fsp3) is 0.300. The van der Waals surface area contributed by atoms with Crippen LogP contribution < -0.4 is 0 Å². The summed E-state index contributed by atoms with van der Waals surface area (Å²) < 4.78 is 0. The van der Waals surface area contributed by atoms with Crippen LogP contribution in [0.3, 0.4) is 0 Å². The van der Waals surface area contributed by atoms with Crippen molar-refractivity contribution in [2.45, 2.75) is 20.8 Å². The summed E-state index contributed by atoms with van der Waals surface area (Å²) in [6, 6.07) is 4.19. The van der Waals surface area contributed by atoms with Crippen molar-refractivity contribution in [2.75, 3.05) is 0 Å². The summed E-state index contributed by atoms with van der Waals surface area (Å²) in [7, 11) is 0. The lowest BCUT2D eigenvalue weighted by atomic mass is 10.0. The topological polar surface area (TPSA) is 0 Å². The van der Waals surface area contributed by atoms with E-state index in [1.54, 1.807) is 5.37 Å². The molecule has 0 amide bonds. The van der Waals surface area contributed by atoms with E-state index in [9.17, 15) is 0 Å². The van der Waals surface area contributed by atoms with Crippen molar-refractivity contribution >= 4 is 17.6 Å². The second-order valence-electron chi connectivity index (χ2n) is 2.84. The summed E-state index contributed by atoms with van der Waals surface area (Å²) in [5, 5.41) is 1.74. The van der Waals surface area contributed by atoms with E-state index in [2.05, 4.69) is 32.9 Å². The molecule has 1 aromatic carbocycles. The van der Waals surface area contributed by atoms with E-state index >= 15 is 0 Å². The van der Waals surface area contributed by atoms with Crippen LogP contribution in [0.5, 0.6) is 0 Å². The molecule has 0 atom stereocenters. The summed E-state index contributed by atoms with van der Waals surface area (Å²) in [5.74, 6) is 0. The molecule has 11 heavy (non-hydrogen) atoms. The molecule has 1 aromatic rings. The Kier molecular flexibility index (Phi) is 2.40. The molecule has 0 saturated carbocycles. The number of hydrogen-bond donors (Lipinski definition) is 0. The van der Waals surface area contributed by atoms with Crippen LogP contribution >= 0.6 is 12.2 Å². The van der Waals surface area contributed by atoms with Crippen molar-refractivity contribution < 1.29 is 0 Å². The molecule has 0 aliphatic rings. The van der Waals surface area contributed by atoms with Crippen LogP contribution in [-0.2, 0) is 0 Å². The molecule has 1 heteroatoms. The van der Waals surface area contributed by atoms with Gasteiger partial charge in [0.05, 0.1) is 0 Å². The summed E-state index contributed by atoms with van der Waals surface area (Å²) in [4.78, 5) is 0. The number of benzene rings is 1. The van der Waals surface area contributed by atoms with Gasteiger partial charge in [-0.05, 0) is 43.0 Å². The van der Waals surface area contributed by atoms with Gasteiger partial charge in [0.25, 0.3) is 0 Å². The Hall–Kier alpha value is -0.690. The number of rotatable bonds is 1. The van der Waals surface area contributed by atoms with E-state index < -0.39 is 0 Å². The Morgan fingerprint density at radius 3 is 2.27 bits per heavy atom. The summed E-state index contributed by atoms with van der Waals surface area (Å²) in [6.07, 6.45) is 0. The van der Waals surface area contributed by atoms with Gasteiger partial charge in [0, 0.05) is 5.37 Å². The minimum Gasteiger partial charge on any atom is -0.0881 e. The average Bonchev–Trinajstić information content (AvgIpc) is 2.01. The van der Waals surface area contributed by atoms with Gasteiger partial charge in [-0.2, -0.15) is 0 Å². The molecule has 0 spiro atoms. The molecule has 0 radical (unpaired) electrons. The highest BCUT2D eigenvalue weighted by atomic mass is 32.1. The number of hydrogen-bond acceptors (Lipinski definition) is 1. The zero-order valence-electron chi connectivity index (χ0n) is 7.14. The third-order valence-corrected chi connectivity index (χ3v) is 2.48. The monoisotopic (exact) mass is 164 g/mol. The Morgan fingerprint density at radius 1 is 1.09 bits per heavy atom. The van der Waals surface area contributed by atoms with Gasteiger partial charge in [-0.25, -0.2) is 0 Å². The molecule has 58 valence electrons. The van der Waals surface area contributed by atoms with Gasteiger partial charge < -0.3 is 0 Å². The lowest BCUT2D eigenvalue weighted by Crippen LogP contribution is -1.91. The van der Waals surface area contributed by atoms with E-state index in [4.69, 9.17) is 12.2 Å². The third-order valence-electron chi connectivity index (χ3n) is 2.23. The van der Waals surface area contributed by atoms with Gasteiger partial charge in [-0.1, -0.05) is 24.4 Å². The largest absolute Gasteiger partial charge is 0.0881 e. The van der Waals surface area contributed by atoms with Crippen LogP contribution in [0, 0.1) is 20.8 Å². The molecule has 1 rings (SSSR count). The molecule has 0 heterocycles. The smallest absolute Gasteiger partial charge is 0.00888 e. The van der Waals surface area contributed by atoms with Crippen LogP contribution in [-0.4, -0.2) is 5.37 Å². The lowest BCUT2D eigenvalue weighted by Gasteiger charge is -2.06. The zero-order chi connectivity index (χ0) is 8.43. The van der Waals surface area contributed by atoms with E-state index in [1.165, 1.54) is 22.3 Å². The van der Waals surface area contributed by atoms with Crippen molar-refractivity contribution in [3.8, 4) is 0 Å². The highest BCUT2D eigenvalue weighted by molar-refractivity contribution is 7.79. The van der Waals surface area contributed by atoms with Crippen LogP contribution in [0.1, 0.15) is 22.3 Å². The first-order valence-corrected chi connectivity index (χ1v) is 4.16. The lowest BCUT2D eigenvalue weighted by molar-refractivity contribution is 1.26. The maximum absolute atomic E-state index is 4.88. The first-order valence-electron chi connectivity index (χ1n) is 3.69. The van der Waals surface area contributed by atoms with Gasteiger partial charge in [0.15, 0.2) is 0 Å². The van der Waals surface area contributed by atoms with Crippen molar-refractivity contribution in [1.29, 1.82) is 0 Å². The zero-order valence-corrected chi connectivity index (χ0v) is 7.96. The first kappa shape index (κ1) is 8.41. The SMILES string of the molecule is Cc1ccc(C=S)c(C)c1C. The Bertz CT molecular complexity index is 287. The predicted octanol–water partition coefficient (Wildman–Crippen LogP) is 2.96. The molecule has 0 aliphatic heterocycles. The highest BCUT2D eigenvalue weighted by Crippen LogP contribution is 2.15. The molecular formula is C10H12S. The molecule has 0 aliphatic carbocycles. The fourth-order valence-electron chi connectivity index (χ4n) is 1.10. The molecule has 0 fully saturated rings. The Morgan fingerprint density at radius 2 is 1.73 bits per heavy atom. The van der Waals surface area contributed by atoms with Crippen LogP contribution in [0.2, 0.25) is 0 Å². The normalized spacial score (nSPS) is 9.73. The van der Waals surface area contributed by atoms with E-state index in [0.29, 0.717) is 0 Å². The molecule has 0 bridgehead atoms. The van der Waals surface area contributed by atoms with E-state index in [-0.39, 0.29) is 0 Å². The van der Waals surface area contributed by atoms with E-state index in [0.717, 1.165) is 0 Å². The van der Waals surface area contributed by atoms with Crippen LogP contribution in [0.15, 0.2) is 12.1 Å². The van der Waals surface area contributed by atoms with Gasteiger partial charge >= 0.3 is 0 Å². The number of aryl methyl sites for hydroxylation is 1. The maximum atomic E-state index is 4.88. The van der Waals surface area contributed by atoms with Crippen LogP contribution in [0.25, 0.3) is 0 Å². The minimum absolute atomic E-state index is 1.17. The fourth-order valence-corrected chi connectivity index (χ4v) is 1.36. The van der Waals surface area contributed by atoms with Gasteiger partial charge in [-0.15, -0.1) is 0 Å². The van der Waals surface area contributed by atoms with E-state index in [1.807, 2.05) is 0 Å². The molecule has 0 unspecified atom stereocenters. The van der Waals surface area contributed by atoms with Crippen molar-refractivity contribution in [2.24, 2.45) is 0 Å². The third kappa shape index (κ3) is 1.48. The first-order chi connectivity index (χ1) is 5.16. The summed E-state index contributed by atoms with van der Waals surface area (Å²) >= 11 is 4.88. The van der Waals surface area contributed by atoms with Gasteiger partial charge in [0.1, 0.15) is 0 Å². The summed E-state index contributed by atoms with van der Waals surface area (Å²) in [5.41, 5.74) is 5.16. The van der Waals surface area contributed by atoms with Crippen molar-refractivity contribution in [1.82, 2.24) is 0 Å². The second-order valence-corrected chi connectivity index (χ2v) is 3.08. The quantitative estimate of drug-likeness (QED) is 0.575. The van der Waals surface area contributed by atoms with Crippen LogP contribution in [0.4, 0.5) is 0 Å². The van der Waals surface area contributed by atoms with Gasteiger partial charge in [0.2, 0.25) is 0 Å². The molecular weight excluding hydrogens is 152 g/mol. The molecule has 0 nitrogen and oxygen atoms in total. The highest BCUT2D eigenvalue weighted by Gasteiger charge is 1.99. The molecule has 0 saturated heterocycles. The van der Waals surface area contributed by atoms with Gasteiger partial charge in [-0.3, -0.25) is 0 Å². The molecule has 0 aromatic heterocycles. The maximum Gasteiger partial charge on any atom is 0.00888 e.